The highest BCUT2D eigenvalue weighted by Gasteiger charge is 2.22. The van der Waals surface area contributed by atoms with Crippen molar-refractivity contribution >= 4 is 35.6 Å². The highest BCUT2D eigenvalue weighted by molar-refractivity contribution is 7.10. The van der Waals surface area contributed by atoms with Crippen LogP contribution in [0.1, 0.15) is 28.8 Å². The molecule has 3 rings (SSSR count). The minimum absolute atomic E-state index is 0. The Labute approximate surface area is 176 Å². The number of halogens is 1. The standard InChI is InChI=1S/C21H27N3O2S.ClH/c22-11-14-23(12-8-17-4-2-1-3-5-17)20(25)6-7-21(26)24-13-9-19-18(16-24)10-15-27-19;/h1-5,10,15H,6-9,11-14,16,22H2;1H. The van der Waals surface area contributed by atoms with Crippen LogP contribution in [0.3, 0.4) is 0 Å². The number of hydrogen-bond acceptors (Lipinski definition) is 4. The van der Waals surface area contributed by atoms with Crippen LogP contribution in [0.15, 0.2) is 41.8 Å². The summed E-state index contributed by atoms with van der Waals surface area (Å²) in [5, 5.41) is 2.08. The summed E-state index contributed by atoms with van der Waals surface area (Å²) in [5.74, 6) is 0.0777. The maximum absolute atomic E-state index is 12.6. The molecule has 1 aromatic heterocycles. The SMILES string of the molecule is Cl.NCCN(CCc1ccccc1)C(=O)CCC(=O)N1CCc2sccc2C1. The summed E-state index contributed by atoms with van der Waals surface area (Å²) in [5.41, 5.74) is 8.12. The van der Waals surface area contributed by atoms with Gasteiger partial charge in [-0.25, -0.2) is 0 Å². The van der Waals surface area contributed by atoms with Gasteiger partial charge < -0.3 is 15.5 Å². The summed E-state index contributed by atoms with van der Waals surface area (Å²) in [4.78, 5) is 30.2. The normalized spacial score (nSPS) is 12.8. The van der Waals surface area contributed by atoms with Crippen LogP contribution in [0, 0.1) is 0 Å². The van der Waals surface area contributed by atoms with Gasteiger partial charge in [-0.3, -0.25) is 9.59 Å². The molecule has 2 aromatic rings. The summed E-state index contributed by atoms with van der Waals surface area (Å²) in [6.07, 6.45) is 2.24. The maximum Gasteiger partial charge on any atom is 0.223 e. The second kappa shape index (κ2) is 11.2. The predicted octanol–water partition coefficient (Wildman–Crippen LogP) is 2.86. The fourth-order valence-electron chi connectivity index (χ4n) is 3.42. The molecule has 0 spiro atoms. The molecule has 1 aliphatic heterocycles. The Bertz CT molecular complexity index is 766. The average Bonchev–Trinajstić information content (AvgIpc) is 3.17. The summed E-state index contributed by atoms with van der Waals surface area (Å²) < 4.78 is 0. The third-order valence-electron chi connectivity index (χ3n) is 4.98. The van der Waals surface area contributed by atoms with Gasteiger partial charge in [0.25, 0.3) is 0 Å². The van der Waals surface area contributed by atoms with E-state index in [2.05, 4.69) is 23.6 Å². The van der Waals surface area contributed by atoms with Gasteiger partial charge in [-0.1, -0.05) is 30.3 Å². The minimum Gasteiger partial charge on any atom is -0.341 e. The van der Waals surface area contributed by atoms with Crippen LogP contribution in [-0.4, -0.2) is 47.8 Å². The number of benzene rings is 1. The molecule has 0 saturated carbocycles. The third kappa shape index (κ3) is 6.06. The molecule has 0 fully saturated rings. The largest absolute Gasteiger partial charge is 0.341 e. The number of carbonyl (C=O) groups is 2. The van der Waals surface area contributed by atoms with E-state index in [4.69, 9.17) is 5.73 Å². The Morgan fingerprint density at radius 3 is 2.64 bits per heavy atom. The molecular weight excluding hydrogens is 394 g/mol. The molecule has 0 atom stereocenters. The molecule has 1 aromatic carbocycles. The number of fused-ring (bicyclic) bond motifs is 1. The molecule has 0 aliphatic carbocycles. The monoisotopic (exact) mass is 421 g/mol. The van der Waals surface area contributed by atoms with E-state index in [1.807, 2.05) is 23.1 Å². The van der Waals surface area contributed by atoms with Crippen molar-refractivity contribution in [1.82, 2.24) is 9.80 Å². The molecule has 152 valence electrons. The van der Waals surface area contributed by atoms with E-state index in [9.17, 15) is 9.59 Å². The van der Waals surface area contributed by atoms with Gasteiger partial charge in [0, 0.05) is 50.4 Å². The number of rotatable bonds is 8. The molecule has 5 nitrogen and oxygen atoms in total. The van der Waals surface area contributed by atoms with Crippen molar-refractivity contribution in [2.45, 2.75) is 32.2 Å². The Kier molecular flexibility index (Phi) is 8.96. The highest BCUT2D eigenvalue weighted by atomic mass is 35.5. The molecule has 2 amide bonds. The quantitative estimate of drug-likeness (QED) is 0.712. The fraction of sp³-hybridized carbons (Fsp3) is 0.429. The second-order valence-electron chi connectivity index (χ2n) is 6.84. The lowest BCUT2D eigenvalue weighted by Gasteiger charge is -2.27. The number of nitrogens with two attached hydrogens (primary N) is 1. The Hall–Kier alpha value is -1.89. The van der Waals surface area contributed by atoms with Gasteiger partial charge >= 0.3 is 0 Å². The van der Waals surface area contributed by atoms with Gasteiger partial charge in [0.2, 0.25) is 11.8 Å². The topological polar surface area (TPSA) is 66.6 Å². The molecule has 28 heavy (non-hydrogen) atoms. The molecule has 1 aliphatic rings. The van der Waals surface area contributed by atoms with E-state index in [1.54, 1.807) is 16.2 Å². The number of thiophene rings is 1. The predicted molar refractivity (Wildman–Crippen MR) is 116 cm³/mol. The van der Waals surface area contributed by atoms with E-state index >= 15 is 0 Å². The molecule has 0 bridgehead atoms. The molecule has 0 radical (unpaired) electrons. The first kappa shape index (κ1) is 22.4. The van der Waals surface area contributed by atoms with Crippen molar-refractivity contribution in [3.8, 4) is 0 Å². The second-order valence-corrected chi connectivity index (χ2v) is 7.84. The van der Waals surface area contributed by atoms with Gasteiger partial charge in [0.05, 0.1) is 0 Å². The molecule has 2 heterocycles. The number of hydrogen-bond donors (Lipinski definition) is 1. The minimum atomic E-state index is 0. The molecule has 0 unspecified atom stereocenters. The van der Waals surface area contributed by atoms with Crippen LogP contribution in [0.2, 0.25) is 0 Å². The van der Waals surface area contributed by atoms with Crippen molar-refractivity contribution in [2.75, 3.05) is 26.2 Å². The van der Waals surface area contributed by atoms with Crippen LogP contribution in [0.5, 0.6) is 0 Å². The number of carbonyl (C=O) groups excluding carboxylic acids is 2. The number of nitrogens with zero attached hydrogens (tertiary/aromatic N) is 2. The van der Waals surface area contributed by atoms with Gasteiger partial charge in [0.1, 0.15) is 0 Å². The van der Waals surface area contributed by atoms with Crippen LogP contribution >= 0.6 is 23.7 Å². The van der Waals surface area contributed by atoms with E-state index < -0.39 is 0 Å². The average molecular weight is 422 g/mol. The van der Waals surface area contributed by atoms with Crippen molar-refractivity contribution in [2.24, 2.45) is 5.73 Å². The first-order chi connectivity index (χ1) is 13.2. The Morgan fingerprint density at radius 2 is 1.89 bits per heavy atom. The molecule has 7 heteroatoms. The third-order valence-corrected chi connectivity index (χ3v) is 6.00. The lowest BCUT2D eigenvalue weighted by Crippen LogP contribution is -2.39. The number of amides is 2. The fourth-order valence-corrected chi connectivity index (χ4v) is 4.31. The zero-order chi connectivity index (χ0) is 19.1. The van der Waals surface area contributed by atoms with Crippen molar-refractivity contribution < 1.29 is 9.59 Å². The van der Waals surface area contributed by atoms with Crippen LogP contribution in [0.4, 0.5) is 0 Å². The lowest BCUT2D eigenvalue weighted by molar-refractivity contribution is -0.137. The van der Waals surface area contributed by atoms with Crippen LogP contribution in [-0.2, 0) is 29.0 Å². The summed E-state index contributed by atoms with van der Waals surface area (Å²) in [7, 11) is 0. The van der Waals surface area contributed by atoms with Gasteiger partial charge in [-0.15, -0.1) is 23.7 Å². The van der Waals surface area contributed by atoms with Gasteiger partial charge in [-0.05, 0) is 35.4 Å². The maximum atomic E-state index is 12.6. The lowest BCUT2D eigenvalue weighted by atomic mass is 10.1. The first-order valence-electron chi connectivity index (χ1n) is 9.52. The van der Waals surface area contributed by atoms with Crippen LogP contribution < -0.4 is 5.73 Å². The zero-order valence-corrected chi connectivity index (χ0v) is 17.6. The summed E-state index contributed by atoms with van der Waals surface area (Å²) >= 11 is 1.76. The first-order valence-corrected chi connectivity index (χ1v) is 10.4. The van der Waals surface area contributed by atoms with Gasteiger partial charge in [0.15, 0.2) is 0 Å². The van der Waals surface area contributed by atoms with E-state index in [0.717, 1.165) is 19.4 Å². The van der Waals surface area contributed by atoms with E-state index in [-0.39, 0.29) is 37.1 Å². The Morgan fingerprint density at radius 1 is 1.11 bits per heavy atom. The van der Waals surface area contributed by atoms with E-state index in [1.165, 1.54) is 16.0 Å². The molecule has 2 N–H and O–H groups in total. The van der Waals surface area contributed by atoms with E-state index in [0.29, 0.717) is 26.2 Å². The van der Waals surface area contributed by atoms with Crippen molar-refractivity contribution in [1.29, 1.82) is 0 Å². The molecule has 0 saturated heterocycles. The summed E-state index contributed by atoms with van der Waals surface area (Å²) in [6.45, 7) is 3.02. The Balaban J connectivity index is 0.00000280. The van der Waals surface area contributed by atoms with Crippen molar-refractivity contribution in [3.63, 3.8) is 0 Å². The van der Waals surface area contributed by atoms with Crippen LogP contribution in [0.25, 0.3) is 0 Å². The molecular formula is C21H28ClN3O2S. The van der Waals surface area contributed by atoms with Crippen molar-refractivity contribution in [3.05, 3.63) is 57.8 Å². The van der Waals surface area contributed by atoms with Gasteiger partial charge in [-0.2, -0.15) is 0 Å². The highest BCUT2D eigenvalue weighted by Crippen LogP contribution is 2.24. The zero-order valence-electron chi connectivity index (χ0n) is 16.0. The summed E-state index contributed by atoms with van der Waals surface area (Å²) in [6, 6.07) is 12.2. The smallest absolute Gasteiger partial charge is 0.223 e.